The van der Waals surface area contributed by atoms with Crippen LogP contribution in [0.4, 0.5) is 0 Å². The van der Waals surface area contributed by atoms with Crippen molar-refractivity contribution in [2.24, 2.45) is 0 Å². The molecule has 3 rings (SSSR count). The third-order valence-electron chi connectivity index (χ3n) is 4.54. The molecular formula is C17H23BrN2. The van der Waals surface area contributed by atoms with Gasteiger partial charge in [0.25, 0.3) is 0 Å². The van der Waals surface area contributed by atoms with Crippen LogP contribution in [-0.4, -0.2) is 48.6 Å². The van der Waals surface area contributed by atoms with Gasteiger partial charge in [-0.15, -0.1) is 0 Å². The molecule has 0 spiro atoms. The van der Waals surface area contributed by atoms with Gasteiger partial charge < -0.3 is 0 Å². The molecular weight excluding hydrogens is 312 g/mol. The van der Waals surface area contributed by atoms with Crippen molar-refractivity contribution < 1.29 is 0 Å². The second kappa shape index (κ2) is 6.88. The van der Waals surface area contributed by atoms with Gasteiger partial charge in [-0.1, -0.05) is 46.6 Å². The summed E-state index contributed by atoms with van der Waals surface area (Å²) in [7, 11) is 0. The minimum Gasteiger partial charge on any atom is -0.298 e. The maximum atomic E-state index is 3.47. The van der Waals surface area contributed by atoms with Gasteiger partial charge in [0.15, 0.2) is 0 Å². The van der Waals surface area contributed by atoms with Crippen LogP contribution in [0, 0.1) is 0 Å². The monoisotopic (exact) mass is 334 g/mol. The molecule has 1 aromatic rings. The smallest absolute Gasteiger partial charge is 0.0175 e. The summed E-state index contributed by atoms with van der Waals surface area (Å²) in [5.41, 5.74) is 1.28. The van der Waals surface area contributed by atoms with Crippen LogP contribution in [0.15, 0.2) is 34.8 Å². The van der Waals surface area contributed by atoms with Crippen molar-refractivity contribution in [1.29, 1.82) is 0 Å². The summed E-state index contributed by atoms with van der Waals surface area (Å²) in [6.07, 6.45) is 8.83. The molecule has 0 radical (unpaired) electrons. The highest BCUT2D eigenvalue weighted by atomic mass is 79.9. The first-order chi connectivity index (χ1) is 9.81. The van der Waals surface area contributed by atoms with Gasteiger partial charge in [0.1, 0.15) is 0 Å². The van der Waals surface area contributed by atoms with Crippen molar-refractivity contribution in [2.45, 2.75) is 25.3 Å². The Morgan fingerprint density at radius 3 is 2.35 bits per heavy atom. The number of halogens is 1. The van der Waals surface area contributed by atoms with Crippen molar-refractivity contribution in [1.82, 2.24) is 9.80 Å². The van der Waals surface area contributed by atoms with Gasteiger partial charge in [0, 0.05) is 43.2 Å². The number of nitrogens with zero attached hydrogens (tertiary/aromatic N) is 2. The second-order valence-corrected chi connectivity index (χ2v) is 6.79. The zero-order valence-corrected chi connectivity index (χ0v) is 13.6. The van der Waals surface area contributed by atoms with E-state index in [-0.39, 0.29) is 0 Å². The molecule has 2 nitrogen and oxygen atoms in total. The number of hydrogen-bond donors (Lipinski definition) is 0. The lowest BCUT2D eigenvalue weighted by Crippen LogP contribution is -2.52. The van der Waals surface area contributed by atoms with E-state index in [0.717, 1.165) is 17.1 Å². The largest absolute Gasteiger partial charge is 0.298 e. The summed E-state index contributed by atoms with van der Waals surface area (Å²) in [6.45, 7) is 6.05. The summed E-state index contributed by atoms with van der Waals surface area (Å²) in [4.78, 5) is 5.25. The molecule has 1 aliphatic carbocycles. The predicted octanol–water partition coefficient (Wildman–Crippen LogP) is 3.63. The highest BCUT2D eigenvalue weighted by Crippen LogP contribution is 2.25. The van der Waals surface area contributed by atoms with Crippen LogP contribution in [0.2, 0.25) is 0 Å². The van der Waals surface area contributed by atoms with Gasteiger partial charge in [-0.2, -0.15) is 0 Å². The lowest BCUT2D eigenvalue weighted by molar-refractivity contribution is 0.0666. The third kappa shape index (κ3) is 3.72. The molecule has 1 aliphatic heterocycles. The minimum absolute atomic E-state index is 0.912. The topological polar surface area (TPSA) is 6.48 Å². The van der Waals surface area contributed by atoms with Crippen molar-refractivity contribution in [3.8, 4) is 0 Å². The van der Waals surface area contributed by atoms with Gasteiger partial charge in [0.2, 0.25) is 0 Å². The average Bonchev–Trinajstić information content (AvgIpc) is 2.41. The second-order valence-electron chi connectivity index (χ2n) is 5.88. The number of rotatable bonds is 4. The molecule has 0 N–H and O–H groups in total. The molecule has 20 heavy (non-hydrogen) atoms. The van der Waals surface area contributed by atoms with Gasteiger partial charge in [0.05, 0.1) is 0 Å². The first-order valence-corrected chi connectivity index (χ1v) is 8.49. The molecule has 1 saturated carbocycles. The van der Waals surface area contributed by atoms with Crippen molar-refractivity contribution in [2.75, 3.05) is 32.7 Å². The van der Waals surface area contributed by atoms with E-state index in [1.54, 1.807) is 0 Å². The Bertz CT molecular complexity index is 443. The van der Waals surface area contributed by atoms with E-state index in [1.807, 2.05) is 0 Å². The summed E-state index contributed by atoms with van der Waals surface area (Å²) in [5, 5.41) is 0. The first kappa shape index (κ1) is 14.3. The predicted molar refractivity (Wildman–Crippen MR) is 88.8 cm³/mol. The van der Waals surface area contributed by atoms with Crippen LogP contribution in [0.25, 0.3) is 6.08 Å². The molecule has 1 aromatic carbocycles. The Balaban J connectivity index is 1.42. The molecule has 0 amide bonds. The fourth-order valence-electron chi connectivity index (χ4n) is 2.97. The summed E-state index contributed by atoms with van der Waals surface area (Å²) in [6, 6.07) is 9.40. The Morgan fingerprint density at radius 2 is 1.75 bits per heavy atom. The molecule has 1 heterocycles. The number of benzene rings is 1. The maximum Gasteiger partial charge on any atom is 0.0175 e. The third-order valence-corrected chi connectivity index (χ3v) is 5.07. The molecule has 2 aliphatic rings. The molecule has 0 atom stereocenters. The molecule has 108 valence electrons. The van der Waals surface area contributed by atoms with Crippen LogP contribution in [0.5, 0.6) is 0 Å². The van der Waals surface area contributed by atoms with Crippen LogP contribution in [-0.2, 0) is 0 Å². The highest BCUT2D eigenvalue weighted by molar-refractivity contribution is 9.10. The number of hydrogen-bond acceptors (Lipinski definition) is 2. The molecule has 1 saturated heterocycles. The van der Waals surface area contributed by atoms with Crippen LogP contribution < -0.4 is 0 Å². The first-order valence-electron chi connectivity index (χ1n) is 7.70. The van der Waals surface area contributed by atoms with Crippen LogP contribution in [0.3, 0.4) is 0 Å². The van der Waals surface area contributed by atoms with Gasteiger partial charge in [-0.25, -0.2) is 0 Å². The van der Waals surface area contributed by atoms with Crippen molar-refractivity contribution in [3.05, 3.63) is 40.4 Å². The molecule has 0 aromatic heterocycles. The summed E-state index contributed by atoms with van der Waals surface area (Å²) in [5.74, 6) is 0. The number of piperazine rings is 1. The quantitative estimate of drug-likeness (QED) is 0.829. The zero-order valence-electron chi connectivity index (χ0n) is 12.0. The fourth-order valence-corrected chi connectivity index (χ4v) is 3.24. The van der Waals surface area contributed by atoms with Crippen molar-refractivity contribution in [3.63, 3.8) is 0 Å². The zero-order chi connectivity index (χ0) is 13.8. The molecule has 3 heteroatoms. The molecule has 0 bridgehead atoms. The Kier molecular flexibility index (Phi) is 4.92. The minimum atomic E-state index is 0.912. The van der Waals surface area contributed by atoms with Crippen molar-refractivity contribution >= 4 is 22.0 Å². The van der Waals surface area contributed by atoms with Gasteiger partial charge in [-0.05, 0) is 30.5 Å². The Labute approximate surface area is 130 Å². The summed E-state index contributed by atoms with van der Waals surface area (Å²) < 4.78 is 1.14. The maximum absolute atomic E-state index is 3.47. The highest BCUT2D eigenvalue weighted by Gasteiger charge is 2.27. The summed E-state index contributed by atoms with van der Waals surface area (Å²) >= 11 is 3.47. The van der Waals surface area contributed by atoms with Crippen LogP contribution >= 0.6 is 15.9 Å². The lowest BCUT2D eigenvalue weighted by Gasteiger charge is -2.42. The Hall–Kier alpha value is -0.640. The normalized spacial score (nSPS) is 22.2. The van der Waals surface area contributed by atoms with E-state index in [2.05, 4.69) is 62.1 Å². The standard InChI is InChI=1S/C17H23BrN2/c18-16-8-6-15(7-9-16)3-2-10-19-11-13-20(14-12-19)17-4-1-5-17/h2-3,6-9,17H,1,4-5,10-14H2/b3-2+. The molecule has 0 unspecified atom stereocenters. The molecule has 2 fully saturated rings. The van der Waals surface area contributed by atoms with Gasteiger partial charge >= 0.3 is 0 Å². The van der Waals surface area contributed by atoms with E-state index < -0.39 is 0 Å². The van der Waals surface area contributed by atoms with E-state index >= 15 is 0 Å². The van der Waals surface area contributed by atoms with E-state index in [4.69, 9.17) is 0 Å². The van der Waals surface area contributed by atoms with Gasteiger partial charge in [-0.3, -0.25) is 9.80 Å². The Morgan fingerprint density at radius 1 is 1.05 bits per heavy atom. The average molecular weight is 335 g/mol. The van der Waals surface area contributed by atoms with E-state index in [1.165, 1.54) is 51.0 Å². The van der Waals surface area contributed by atoms with E-state index in [0.29, 0.717) is 0 Å². The SMILES string of the molecule is Brc1ccc(/C=C/CN2CCN(C3CCC3)CC2)cc1. The van der Waals surface area contributed by atoms with E-state index in [9.17, 15) is 0 Å². The lowest BCUT2D eigenvalue weighted by atomic mass is 9.91. The fraction of sp³-hybridized carbons (Fsp3) is 0.529. The van der Waals surface area contributed by atoms with Crippen LogP contribution in [0.1, 0.15) is 24.8 Å².